The first-order valence-electron chi connectivity index (χ1n) is 14.5. The van der Waals surface area contributed by atoms with E-state index in [0.29, 0.717) is 54.8 Å². The fourth-order valence-corrected chi connectivity index (χ4v) is 5.26. The van der Waals surface area contributed by atoms with Crippen molar-refractivity contribution in [2.24, 2.45) is 11.7 Å². The van der Waals surface area contributed by atoms with Crippen molar-refractivity contribution in [2.45, 2.75) is 70.1 Å². The van der Waals surface area contributed by atoms with Gasteiger partial charge in [-0.2, -0.15) is 0 Å². The molecule has 12 nitrogen and oxygen atoms in total. The summed E-state index contributed by atoms with van der Waals surface area (Å²) in [5.74, 6) is -0.907. The Labute approximate surface area is 254 Å². The third-order valence-corrected chi connectivity index (χ3v) is 7.78. The van der Waals surface area contributed by atoms with Crippen LogP contribution in [0.25, 0.3) is 0 Å². The highest BCUT2D eigenvalue weighted by atomic mass is 16.6. The molecule has 0 aromatic heterocycles. The number of fused-ring (bicyclic) bond motifs is 2. The van der Waals surface area contributed by atoms with Crippen molar-refractivity contribution in [3.05, 3.63) is 58.5 Å². The molecule has 12 heteroatoms. The number of amides is 2. The Bertz CT molecular complexity index is 1130. The highest BCUT2D eigenvalue weighted by molar-refractivity contribution is 5.94. The van der Waals surface area contributed by atoms with Gasteiger partial charge in [0.2, 0.25) is 0 Å². The standard InChI is InChI=1S/C31H50N4O8/c1-19-10-9-13-31(18-41-6,43-30(32)40)21(3)16-20(2)27(37)25(42-7)12-8-11-22-26(33-14-15-35(4)5)24(36)17-23(28(22)38)34-29(19)39/h9-10,13,16-17,20,24-25,27-28,33,36-38H,8,11-12,14-15,18H2,1-7H3,(H2,32,40)(H,34,39)/b13-9-,19-10+,21-16+/t20-,24?,25-,27+,28?,31-/m0/s1. The second-order valence-corrected chi connectivity index (χ2v) is 11.4. The maximum absolute atomic E-state index is 13.1. The van der Waals surface area contributed by atoms with E-state index in [9.17, 15) is 24.9 Å². The van der Waals surface area contributed by atoms with Crippen LogP contribution in [0.5, 0.6) is 0 Å². The zero-order valence-electron chi connectivity index (χ0n) is 26.4. The first kappa shape index (κ1) is 36.2. The molecule has 43 heavy (non-hydrogen) atoms. The van der Waals surface area contributed by atoms with Gasteiger partial charge >= 0.3 is 6.09 Å². The van der Waals surface area contributed by atoms with Gasteiger partial charge in [0.1, 0.15) is 12.2 Å². The van der Waals surface area contributed by atoms with Crippen LogP contribution in [-0.4, -0.2) is 110 Å². The first-order valence-corrected chi connectivity index (χ1v) is 14.5. The fraction of sp³-hybridized carbons (Fsp3) is 0.613. The lowest BCUT2D eigenvalue weighted by atomic mass is 9.87. The van der Waals surface area contributed by atoms with Crippen molar-refractivity contribution in [3.63, 3.8) is 0 Å². The van der Waals surface area contributed by atoms with Crippen LogP contribution in [0.2, 0.25) is 0 Å². The van der Waals surface area contributed by atoms with Crippen molar-refractivity contribution >= 4 is 12.0 Å². The van der Waals surface area contributed by atoms with Crippen LogP contribution >= 0.6 is 0 Å². The smallest absolute Gasteiger partial charge is 0.405 e. The largest absolute Gasteiger partial charge is 0.432 e. The summed E-state index contributed by atoms with van der Waals surface area (Å²) < 4.78 is 16.6. The molecule has 2 rings (SSSR count). The Morgan fingerprint density at radius 1 is 1.21 bits per heavy atom. The summed E-state index contributed by atoms with van der Waals surface area (Å²) in [6.45, 7) is 6.35. The number of aliphatic hydroxyl groups is 3. The number of carbonyl (C=O) groups excluding carboxylic acids is 2. The number of nitrogens with zero attached hydrogens (tertiary/aromatic N) is 1. The maximum Gasteiger partial charge on any atom is 0.405 e. The van der Waals surface area contributed by atoms with E-state index in [4.69, 9.17) is 19.9 Å². The fourth-order valence-electron chi connectivity index (χ4n) is 5.26. The van der Waals surface area contributed by atoms with E-state index in [0.717, 1.165) is 0 Å². The van der Waals surface area contributed by atoms with Crippen molar-refractivity contribution in [1.82, 2.24) is 15.5 Å². The van der Waals surface area contributed by atoms with Gasteiger partial charge in [0.25, 0.3) is 5.91 Å². The first-order chi connectivity index (χ1) is 20.3. The highest BCUT2D eigenvalue weighted by Gasteiger charge is 2.35. The van der Waals surface area contributed by atoms with E-state index >= 15 is 0 Å². The zero-order valence-corrected chi connectivity index (χ0v) is 26.4. The third-order valence-electron chi connectivity index (χ3n) is 7.78. The zero-order chi connectivity index (χ0) is 32.3. The quantitative estimate of drug-likeness (QED) is 0.221. The van der Waals surface area contributed by atoms with Crippen molar-refractivity contribution < 1.29 is 39.1 Å². The topological polar surface area (TPSA) is 176 Å². The van der Waals surface area contributed by atoms with Crippen LogP contribution in [0.3, 0.4) is 0 Å². The van der Waals surface area contributed by atoms with Crippen LogP contribution in [0.15, 0.2) is 58.5 Å². The molecule has 2 bridgehead atoms. The van der Waals surface area contributed by atoms with Gasteiger partial charge in [-0.15, -0.1) is 0 Å². The molecule has 0 spiro atoms. The van der Waals surface area contributed by atoms with Gasteiger partial charge in [-0.1, -0.05) is 25.2 Å². The summed E-state index contributed by atoms with van der Waals surface area (Å²) in [4.78, 5) is 27.0. The Morgan fingerprint density at radius 3 is 2.51 bits per heavy atom. The van der Waals surface area contributed by atoms with Gasteiger partial charge in [-0.25, -0.2) is 4.79 Å². The van der Waals surface area contributed by atoms with E-state index < -0.39 is 47.9 Å². The number of carbonyl (C=O) groups is 2. The minimum Gasteiger partial charge on any atom is -0.432 e. The number of ether oxygens (including phenoxy) is 3. The number of nitrogens with one attached hydrogen (secondary N) is 2. The summed E-state index contributed by atoms with van der Waals surface area (Å²) in [6.07, 6.45) is 4.47. The normalized spacial score (nSPS) is 32.8. The van der Waals surface area contributed by atoms with Gasteiger partial charge in [0, 0.05) is 50.2 Å². The molecule has 0 saturated heterocycles. The lowest BCUT2D eigenvalue weighted by Crippen LogP contribution is -2.42. The molecule has 0 radical (unpaired) electrons. The Morgan fingerprint density at radius 2 is 1.91 bits per heavy atom. The number of hydrogen-bond acceptors (Lipinski definition) is 10. The Balaban J connectivity index is 2.59. The monoisotopic (exact) mass is 606 g/mol. The van der Waals surface area contributed by atoms with Crippen LogP contribution in [0.1, 0.15) is 40.0 Å². The van der Waals surface area contributed by atoms with E-state index in [1.165, 1.54) is 26.4 Å². The minimum atomic E-state index is -1.41. The van der Waals surface area contributed by atoms with Gasteiger partial charge in [0.15, 0.2) is 5.60 Å². The van der Waals surface area contributed by atoms with Gasteiger partial charge in [-0.05, 0) is 70.5 Å². The molecule has 1 heterocycles. The van der Waals surface area contributed by atoms with E-state index in [1.54, 1.807) is 32.1 Å². The minimum absolute atomic E-state index is 0.0681. The molecule has 2 amide bonds. The molecule has 2 aliphatic rings. The lowest BCUT2D eigenvalue weighted by molar-refractivity contribution is -0.117. The van der Waals surface area contributed by atoms with Crippen LogP contribution < -0.4 is 16.4 Å². The molecular formula is C31H50N4O8. The number of hydrogen-bond donors (Lipinski definition) is 6. The van der Waals surface area contributed by atoms with Gasteiger partial charge in [0.05, 0.1) is 18.8 Å². The Hall–Kier alpha value is -3.00. The molecule has 0 fully saturated rings. The molecule has 1 aliphatic heterocycles. The number of methoxy groups -OCH3 is 2. The molecule has 1 aliphatic carbocycles. The molecular weight excluding hydrogens is 556 g/mol. The van der Waals surface area contributed by atoms with Crippen molar-refractivity contribution in [2.75, 3.05) is 48.0 Å². The Kier molecular flexibility index (Phi) is 14.1. The van der Waals surface area contributed by atoms with E-state index in [2.05, 4.69) is 10.6 Å². The van der Waals surface area contributed by atoms with Crippen LogP contribution in [0, 0.1) is 5.92 Å². The van der Waals surface area contributed by atoms with E-state index in [-0.39, 0.29) is 12.3 Å². The molecule has 242 valence electrons. The predicted octanol–water partition coefficient (Wildman–Crippen LogP) is 1.25. The van der Waals surface area contributed by atoms with Crippen molar-refractivity contribution in [3.8, 4) is 0 Å². The average molecular weight is 607 g/mol. The highest BCUT2D eigenvalue weighted by Crippen LogP contribution is 2.30. The molecule has 0 saturated carbocycles. The summed E-state index contributed by atoms with van der Waals surface area (Å²) in [5.41, 5.74) is 6.11. The summed E-state index contributed by atoms with van der Waals surface area (Å²) in [5, 5.41) is 39.6. The van der Waals surface area contributed by atoms with Crippen LogP contribution in [-0.2, 0) is 19.0 Å². The van der Waals surface area contributed by atoms with Crippen molar-refractivity contribution in [1.29, 1.82) is 0 Å². The lowest BCUT2D eigenvalue weighted by Gasteiger charge is -2.33. The second-order valence-electron chi connectivity index (χ2n) is 11.4. The molecule has 7 N–H and O–H groups in total. The molecule has 6 atom stereocenters. The number of likely N-dealkylation sites (N-methyl/N-ethyl adjacent to an activating group) is 1. The number of nitrogens with two attached hydrogens (primary N) is 1. The predicted molar refractivity (Wildman–Crippen MR) is 164 cm³/mol. The summed E-state index contributed by atoms with van der Waals surface area (Å²) >= 11 is 0. The van der Waals surface area contributed by atoms with E-state index in [1.807, 2.05) is 25.9 Å². The SMILES string of the molecule is COC[C@@]1(OC(N)=O)/C=C\C=C(/C)C(=O)NC2=CC(O)C(NCCN(C)C)=C(CCC[C@H](OC)[C@H](O)[C@@H](C)/C=C/1C)C2O. The number of rotatable bonds is 8. The summed E-state index contributed by atoms with van der Waals surface area (Å²) in [7, 11) is 6.86. The van der Waals surface area contributed by atoms with Crippen LogP contribution in [0.4, 0.5) is 4.79 Å². The maximum atomic E-state index is 13.1. The van der Waals surface area contributed by atoms with Gasteiger partial charge in [-0.3, -0.25) is 4.79 Å². The second kappa shape index (κ2) is 16.7. The summed E-state index contributed by atoms with van der Waals surface area (Å²) in [6, 6.07) is 0. The third kappa shape index (κ3) is 10.0. The number of aliphatic hydroxyl groups excluding tert-OH is 3. The molecule has 0 aromatic carbocycles. The average Bonchev–Trinajstić information content (AvgIpc) is 2.93. The number of primary amides is 1. The van der Waals surface area contributed by atoms with Gasteiger partial charge < -0.3 is 50.8 Å². The number of allylic oxidation sites excluding steroid dienone is 2. The molecule has 0 aromatic rings. The molecule has 2 unspecified atom stereocenters.